The van der Waals surface area contributed by atoms with E-state index in [0.29, 0.717) is 0 Å². The fourth-order valence-corrected chi connectivity index (χ4v) is 3.43. The lowest BCUT2D eigenvalue weighted by Gasteiger charge is -2.10. The molecular formula is C26H26N4. The number of benzene rings is 2. The van der Waals surface area contributed by atoms with E-state index in [9.17, 15) is 0 Å². The summed E-state index contributed by atoms with van der Waals surface area (Å²) in [6.07, 6.45) is 0. The molecule has 0 amide bonds. The molecule has 30 heavy (non-hydrogen) atoms. The largest absolute Gasteiger partial charge is 0.237 e. The Morgan fingerprint density at radius 2 is 0.900 bits per heavy atom. The van der Waals surface area contributed by atoms with Crippen LogP contribution in [0.1, 0.15) is 25.2 Å². The summed E-state index contributed by atoms with van der Waals surface area (Å²) in [4.78, 5) is 0. The average Bonchev–Trinajstić information content (AvgIpc) is 3.32. The molecule has 4 nitrogen and oxygen atoms in total. The number of rotatable bonds is 5. The molecule has 0 fully saturated rings. The monoisotopic (exact) mass is 394 g/mol. The SMILES string of the molecule is CC(=N\n1c(C)ccc1-c1ccccc1)/C(C)=N/n1c(C)ccc1-c1ccccc1. The maximum atomic E-state index is 4.90. The molecule has 0 unspecified atom stereocenters. The lowest BCUT2D eigenvalue weighted by molar-refractivity contribution is 0.847. The van der Waals surface area contributed by atoms with Gasteiger partial charge in [-0.2, -0.15) is 10.2 Å². The van der Waals surface area contributed by atoms with Gasteiger partial charge in [-0.05, 0) is 52.0 Å². The minimum Gasteiger partial charge on any atom is -0.237 e. The Kier molecular flexibility index (Phi) is 5.48. The van der Waals surface area contributed by atoms with Gasteiger partial charge in [-0.3, -0.25) is 0 Å². The van der Waals surface area contributed by atoms with Gasteiger partial charge in [-0.1, -0.05) is 60.7 Å². The molecule has 0 aliphatic carbocycles. The van der Waals surface area contributed by atoms with Crippen molar-refractivity contribution in [3.8, 4) is 22.5 Å². The summed E-state index contributed by atoms with van der Waals surface area (Å²) in [5.41, 5.74) is 8.35. The van der Waals surface area contributed by atoms with Gasteiger partial charge in [0.15, 0.2) is 0 Å². The van der Waals surface area contributed by atoms with Gasteiger partial charge >= 0.3 is 0 Å². The van der Waals surface area contributed by atoms with Crippen molar-refractivity contribution in [2.75, 3.05) is 0 Å². The van der Waals surface area contributed by atoms with Crippen molar-refractivity contribution in [2.24, 2.45) is 10.2 Å². The molecule has 2 aromatic heterocycles. The highest BCUT2D eigenvalue weighted by Crippen LogP contribution is 2.23. The molecule has 4 aromatic rings. The second-order valence-electron chi connectivity index (χ2n) is 7.45. The number of hydrogen-bond acceptors (Lipinski definition) is 2. The first-order valence-electron chi connectivity index (χ1n) is 10.1. The summed E-state index contributed by atoms with van der Waals surface area (Å²) >= 11 is 0. The molecule has 0 saturated carbocycles. The molecule has 2 heterocycles. The van der Waals surface area contributed by atoms with Crippen molar-refractivity contribution in [2.45, 2.75) is 27.7 Å². The van der Waals surface area contributed by atoms with Crippen LogP contribution in [0, 0.1) is 13.8 Å². The highest BCUT2D eigenvalue weighted by molar-refractivity contribution is 6.40. The lowest BCUT2D eigenvalue weighted by Crippen LogP contribution is -2.12. The summed E-state index contributed by atoms with van der Waals surface area (Å²) in [6, 6.07) is 29.1. The predicted molar refractivity (Wildman–Crippen MR) is 126 cm³/mol. The average molecular weight is 395 g/mol. The molecule has 0 radical (unpaired) electrons. The van der Waals surface area contributed by atoms with Crippen molar-refractivity contribution < 1.29 is 0 Å². The van der Waals surface area contributed by atoms with Crippen molar-refractivity contribution in [3.05, 3.63) is 96.3 Å². The van der Waals surface area contributed by atoms with E-state index in [2.05, 4.69) is 62.4 Å². The third-order valence-corrected chi connectivity index (χ3v) is 5.25. The van der Waals surface area contributed by atoms with E-state index < -0.39 is 0 Å². The van der Waals surface area contributed by atoms with Crippen LogP contribution in [0.4, 0.5) is 0 Å². The molecule has 0 atom stereocenters. The first kappa shape index (κ1) is 19.6. The minimum absolute atomic E-state index is 0.874. The van der Waals surface area contributed by atoms with Crippen LogP contribution in [0.15, 0.2) is 95.1 Å². The molecule has 4 heteroatoms. The van der Waals surface area contributed by atoms with E-state index in [1.54, 1.807) is 0 Å². The third-order valence-electron chi connectivity index (χ3n) is 5.25. The Balaban J connectivity index is 1.72. The zero-order chi connectivity index (χ0) is 21.1. The summed E-state index contributed by atoms with van der Waals surface area (Å²) in [7, 11) is 0. The summed E-state index contributed by atoms with van der Waals surface area (Å²) < 4.78 is 3.98. The van der Waals surface area contributed by atoms with Crippen molar-refractivity contribution in [3.63, 3.8) is 0 Å². The summed E-state index contributed by atoms with van der Waals surface area (Å²) in [6.45, 7) is 8.15. The topological polar surface area (TPSA) is 34.6 Å². The zero-order valence-electron chi connectivity index (χ0n) is 17.9. The Morgan fingerprint density at radius 1 is 0.533 bits per heavy atom. The fourth-order valence-electron chi connectivity index (χ4n) is 3.43. The van der Waals surface area contributed by atoms with Gasteiger partial charge in [0.1, 0.15) is 0 Å². The van der Waals surface area contributed by atoms with E-state index in [4.69, 9.17) is 10.2 Å². The summed E-state index contributed by atoms with van der Waals surface area (Å²) in [5.74, 6) is 0. The van der Waals surface area contributed by atoms with Crippen molar-refractivity contribution >= 4 is 11.4 Å². The van der Waals surface area contributed by atoms with Crippen LogP contribution in [0.25, 0.3) is 22.5 Å². The Bertz CT molecular complexity index is 1110. The first-order chi connectivity index (χ1) is 14.5. The normalized spacial score (nSPS) is 12.4. The van der Waals surface area contributed by atoms with Crippen LogP contribution < -0.4 is 0 Å². The maximum absolute atomic E-state index is 4.90. The van der Waals surface area contributed by atoms with E-state index in [1.165, 1.54) is 0 Å². The van der Waals surface area contributed by atoms with Gasteiger partial charge in [0.25, 0.3) is 0 Å². The maximum Gasteiger partial charge on any atom is 0.0812 e. The van der Waals surface area contributed by atoms with Gasteiger partial charge in [0.2, 0.25) is 0 Å². The zero-order valence-corrected chi connectivity index (χ0v) is 17.9. The predicted octanol–water partition coefficient (Wildman–Crippen LogP) is 6.39. The van der Waals surface area contributed by atoms with Crippen LogP contribution in [0.2, 0.25) is 0 Å². The Hall–Kier alpha value is -3.66. The standard InChI is InChI=1S/C26H26N4/c1-19-15-17-25(23-11-7-5-8-12-23)29(19)27-21(3)22(4)28-30-20(2)16-18-26(30)24-13-9-6-10-14-24/h5-18H,1-4H3/b27-21+,28-22+. The number of hydrogen-bond donors (Lipinski definition) is 0. The molecule has 0 bridgehead atoms. The van der Waals surface area contributed by atoms with E-state index in [1.807, 2.05) is 59.6 Å². The van der Waals surface area contributed by atoms with E-state index >= 15 is 0 Å². The number of nitrogens with zero attached hydrogens (tertiary/aromatic N) is 4. The van der Waals surface area contributed by atoms with E-state index in [-0.39, 0.29) is 0 Å². The number of aromatic nitrogens is 2. The second-order valence-corrected chi connectivity index (χ2v) is 7.45. The third kappa shape index (κ3) is 3.90. The minimum atomic E-state index is 0.874. The highest BCUT2D eigenvalue weighted by Gasteiger charge is 2.10. The Labute approximate surface area is 177 Å². The van der Waals surface area contributed by atoms with Gasteiger partial charge < -0.3 is 0 Å². The highest BCUT2D eigenvalue weighted by atomic mass is 15.4. The molecule has 0 spiro atoms. The van der Waals surface area contributed by atoms with Crippen LogP contribution in [0.3, 0.4) is 0 Å². The molecular weight excluding hydrogens is 368 g/mol. The van der Waals surface area contributed by atoms with Crippen molar-refractivity contribution in [1.82, 2.24) is 9.35 Å². The van der Waals surface area contributed by atoms with E-state index in [0.717, 1.165) is 45.3 Å². The van der Waals surface area contributed by atoms with Crippen LogP contribution in [0.5, 0.6) is 0 Å². The molecule has 4 rings (SSSR count). The summed E-state index contributed by atoms with van der Waals surface area (Å²) in [5, 5.41) is 9.79. The van der Waals surface area contributed by atoms with Gasteiger partial charge in [-0.15, -0.1) is 0 Å². The Morgan fingerprint density at radius 3 is 1.27 bits per heavy atom. The van der Waals surface area contributed by atoms with Gasteiger partial charge in [0.05, 0.1) is 22.8 Å². The lowest BCUT2D eigenvalue weighted by atomic mass is 10.2. The first-order valence-corrected chi connectivity index (χ1v) is 10.1. The molecule has 150 valence electrons. The van der Waals surface area contributed by atoms with Crippen LogP contribution in [-0.2, 0) is 0 Å². The number of aryl methyl sites for hydroxylation is 2. The molecule has 0 saturated heterocycles. The molecule has 0 aliphatic rings. The molecule has 0 aliphatic heterocycles. The fraction of sp³-hybridized carbons (Fsp3) is 0.154. The quantitative estimate of drug-likeness (QED) is 0.352. The smallest absolute Gasteiger partial charge is 0.0812 e. The van der Waals surface area contributed by atoms with Gasteiger partial charge in [0, 0.05) is 22.5 Å². The van der Waals surface area contributed by atoms with Crippen molar-refractivity contribution in [1.29, 1.82) is 0 Å². The molecule has 2 aromatic carbocycles. The molecule has 0 N–H and O–H groups in total. The second kappa shape index (κ2) is 8.37. The van der Waals surface area contributed by atoms with Crippen LogP contribution >= 0.6 is 0 Å². The van der Waals surface area contributed by atoms with Gasteiger partial charge in [-0.25, -0.2) is 9.35 Å². The van der Waals surface area contributed by atoms with Crippen LogP contribution in [-0.4, -0.2) is 20.8 Å².